The third-order valence-corrected chi connectivity index (χ3v) is 42.3. The van der Waals surface area contributed by atoms with E-state index in [9.17, 15) is 0 Å². The molecule has 4 nitrogen and oxygen atoms in total. The fourth-order valence-corrected chi connectivity index (χ4v) is 32.5. The van der Waals surface area contributed by atoms with Crippen LogP contribution in [0.1, 0.15) is 204 Å². The Labute approximate surface area is 906 Å². The Hall–Kier alpha value is -10.6. The van der Waals surface area contributed by atoms with E-state index >= 15 is 0 Å². The summed E-state index contributed by atoms with van der Waals surface area (Å²) >= 11 is 22.3. The van der Waals surface area contributed by atoms with E-state index in [2.05, 4.69) is 367 Å². The monoisotopic (exact) mass is 2120 g/mol. The van der Waals surface area contributed by atoms with E-state index in [-0.39, 0.29) is 0 Å². The van der Waals surface area contributed by atoms with Crippen molar-refractivity contribution in [1.82, 2.24) is 0 Å². The summed E-state index contributed by atoms with van der Waals surface area (Å²) in [6, 6.07) is 128. The van der Waals surface area contributed by atoms with Crippen LogP contribution in [0.2, 0.25) is 0 Å². The zero-order valence-corrected chi connectivity index (χ0v) is 93.0. The highest BCUT2D eigenvalue weighted by Crippen LogP contribution is 2.56. The molecule has 16 heteroatoms. The summed E-state index contributed by atoms with van der Waals surface area (Å²) in [5.41, 5.74) is 13.5. The molecule has 0 N–H and O–H groups in total. The van der Waals surface area contributed by atoms with Gasteiger partial charge in [0.15, 0.2) is 0 Å². The minimum atomic E-state index is -0.802. The Morgan fingerprint density at radius 3 is 0.510 bits per heavy atom. The molecule has 0 atom stereocenters. The minimum absolute atomic E-state index is 0.730. The van der Waals surface area contributed by atoms with Gasteiger partial charge in [0.05, 0.1) is 51.4 Å². The first-order valence-corrected chi connectivity index (χ1v) is 62.0. The lowest BCUT2D eigenvalue weighted by molar-refractivity contribution is 0.306. The van der Waals surface area contributed by atoms with Crippen LogP contribution in [0.25, 0.3) is 162 Å². The molecule has 20 aromatic rings. The molecule has 0 aliphatic rings. The summed E-state index contributed by atoms with van der Waals surface area (Å²) in [5.74, 6) is 3.95. The molecule has 0 aliphatic heterocycles. The maximum Gasteiger partial charge on any atom is 0.138 e. The van der Waals surface area contributed by atoms with Crippen molar-refractivity contribution >= 4 is 136 Å². The Balaban J connectivity index is 0.641. The number of benzene rings is 8. The molecule has 0 radical (unpaired) electrons. The molecular formula is C129H124O4S12. The molecule has 0 saturated carbocycles. The molecule has 0 saturated heterocycles. The number of ether oxygens (including phenoxy) is 4. The maximum atomic E-state index is 6.68. The van der Waals surface area contributed by atoms with E-state index in [4.69, 9.17) is 18.9 Å². The van der Waals surface area contributed by atoms with Gasteiger partial charge in [-0.2, -0.15) is 0 Å². The third-order valence-electron chi connectivity index (χ3n) is 27.2. The van der Waals surface area contributed by atoms with Gasteiger partial charge in [0.25, 0.3) is 0 Å². The van der Waals surface area contributed by atoms with Gasteiger partial charge < -0.3 is 18.9 Å². The van der Waals surface area contributed by atoms with Gasteiger partial charge in [0.1, 0.15) is 23.0 Å². The second-order valence-electron chi connectivity index (χ2n) is 37.5. The zero-order valence-electron chi connectivity index (χ0n) is 83.2. The molecule has 0 spiro atoms. The highest BCUT2D eigenvalue weighted by Gasteiger charge is 2.39. The van der Waals surface area contributed by atoms with Crippen LogP contribution < -0.4 is 18.9 Å². The second-order valence-corrected chi connectivity index (χ2v) is 50.4. The lowest BCUT2D eigenvalue weighted by atomic mass is 9.64. The largest absolute Gasteiger partial charge is 0.492 e. The summed E-state index contributed by atoms with van der Waals surface area (Å²) in [7, 11) is 0. The zero-order chi connectivity index (χ0) is 98.3. The van der Waals surface area contributed by atoms with Gasteiger partial charge in [-0.05, 0) is 190 Å². The highest BCUT2D eigenvalue weighted by molar-refractivity contribution is 7.31. The van der Waals surface area contributed by atoms with Crippen LogP contribution in [0.5, 0.6) is 23.0 Å². The molecule has 20 rings (SSSR count). The topological polar surface area (TPSA) is 36.9 Å². The van der Waals surface area contributed by atoms with E-state index < -0.39 is 5.41 Å². The van der Waals surface area contributed by atoms with Crippen molar-refractivity contribution in [3.63, 3.8) is 0 Å². The SMILES string of the molecule is CCCCCCCCOc1cc(-c2ccc(-c3ccc(-c4ccc(C(c5ccc(-c6ccc(-c7ccc(-c8cc(OCCCCCCCC)c(-c9ccccc9)s8)s7)s6)cc5)(c5ccc(-c6ccc(-c7ccc(-c8cc(OCCCCCCCC)c(-c9ccccc9)s8)s7)s6)cc5)c5ccc(-c6ccc(-c7ccc(-c8cc(OCCCCCCCC)c(-c9ccccc9)s8)s7)s6)cc5)cc4)s3)s2)sc1-c1ccccc1. The van der Waals surface area contributed by atoms with Crippen molar-refractivity contribution in [3.05, 3.63) is 362 Å². The number of hydrogen-bond acceptors (Lipinski definition) is 16. The molecule has 736 valence electrons. The van der Waals surface area contributed by atoms with Crippen LogP contribution >= 0.6 is 136 Å². The number of hydrogen-bond donors (Lipinski definition) is 0. The molecule has 0 amide bonds. The van der Waals surface area contributed by atoms with Gasteiger partial charge >= 0.3 is 0 Å². The Bertz CT molecular complexity index is 6530. The van der Waals surface area contributed by atoms with E-state index in [1.165, 1.54) is 312 Å². The summed E-state index contributed by atoms with van der Waals surface area (Å²) < 4.78 is 26.7. The first-order chi connectivity index (χ1) is 71.7. The standard InChI is InChI=1S/C129H124O4S12/c1-5-9-13-17-21-37-81-130-101-85-121(142-125(101)93-41-29-25-30-42-93)117-77-73-113(138-117)109-69-65-105(134-109)89-49-57-97(58-50-89)129(98-59-51-90(52-60-98)106-66-70-110(135-106)114-74-78-118(139-114)122-86-102(131-82-38-22-18-14-10-6-2)126(143-122)94-43-31-26-32-44-94,99-61-53-91(54-62-99)107-67-71-111(136-107)115-75-79-119(140-115)123-87-103(132-83-39-23-19-15-11-7-3)127(144-123)95-45-33-27-34-46-95)100-63-55-92(56-64-100)108-68-72-112(137-108)116-76-80-120(141-116)124-88-104(133-84-40-24-20-16-12-8-4)128(145-124)96-47-35-28-36-48-96/h25-36,41-80,85-88H,5-24,37-40,81-84H2,1-4H3. The van der Waals surface area contributed by atoms with E-state index in [1.807, 2.05) is 136 Å². The number of unbranched alkanes of at least 4 members (excludes halogenated alkanes) is 20. The highest BCUT2D eigenvalue weighted by atomic mass is 32.1. The van der Waals surface area contributed by atoms with Crippen molar-refractivity contribution in [2.24, 2.45) is 0 Å². The van der Waals surface area contributed by atoms with Gasteiger partial charge in [-0.3, -0.25) is 0 Å². The fraction of sp³-hybridized carbons (Fsp3) is 0.256. The van der Waals surface area contributed by atoms with Gasteiger partial charge in [0.2, 0.25) is 0 Å². The molecule has 12 heterocycles. The normalized spacial score (nSPS) is 11.7. The Kier molecular flexibility index (Phi) is 35.3. The molecule has 0 aliphatic carbocycles. The van der Waals surface area contributed by atoms with Crippen LogP contribution in [0.3, 0.4) is 0 Å². The van der Waals surface area contributed by atoms with Crippen molar-refractivity contribution in [3.8, 4) is 185 Å². The van der Waals surface area contributed by atoms with E-state index in [1.54, 1.807) is 0 Å². The average Bonchev–Trinajstić information content (AvgIpc) is 1.60. The quantitative estimate of drug-likeness (QED) is 0.0281. The number of rotatable bonds is 52. The first-order valence-electron chi connectivity index (χ1n) is 52.2. The molecule has 0 unspecified atom stereocenters. The van der Waals surface area contributed by atoms with E-state index in [0.717, 1.165) is 75.1 Å². The van der Waals surface area contributed by atoms with Crippen molar-refractivity contribution < 1.29 is 18.9 Å². The molecule has 12 aromatic heterocycles. The molecule has 0 bridgehead atoms. The predicted molar refractivity (Wildman–Crippen MR) is 642 cm³/mol. The van der Waals surface area contributed by atoms with Gasteiger partial charge in [-0.1, -0.05) is 375 Å². The third kappa shape index (κ3) is 24.7. The first kappa shape index (κ1) is 102. The minimum Gasteiger partial charge on any atom is -0.492 e. The maximum absolute atomic E-state index is 6.68. The average molecular weight is 2120 g/mol. The van der Waals surface area contributed by atoms with Crippen LogP contribution in [0, 0.1) is 0 Å². The van der Waals surface area contributed by atoms with Crippen molar-refractivity contribution in [2.45, 2.75) is 187 Å². The van der Waals surface area contributed by atoms with Gasteiger partial charge in [-0.15, -0.1) is 136 Å². The Morgan fingerprint density at radius 2 is 0.317 bits per heavy atom. The summed E-state index contributed by atoms with van der Waals surface area (Å²) in [6.07, 6.45) is 29.6. The lowest BCUT2D eigenvalue weighted by Gasteiger charge is -2.37. The molecular weight excluding hydrogens is 2000 g/mol. The smallest absolute Gasteiger partial charge is 0.138 e. The van der Waals surface area contributed by atoms with Crippen LogP contribution in [-0.2, 0) is 5.41 Å². The van der Waals surface area contributed by atoms with Crippen LogP contribution in [0.15, 0.2) is 340 Å². The fourth-order valence-electron chi connectivity index (χ4n) is 19.3. The van der Waals surface area contributed by atoms with Crippen molar-refractivity contribution in [2.75, 3.05) is 26.4 Å². The second kappa shape index (κ2) is 50.4. The van der Waals surface area contributed by atoms with Crippen molar-refractivity contribution in [1.29, 1.82) is 0 Å². The summed E-state index contributed by atoms with van der Waals surface area (Å²) in [5, 5.41) is 0. The van der Waals surface area contributed by atoms with Crippen LogP contribution in [-0.4, -0.2) is 26.4 Å². The summed E-state index contributed by atoms with van der Waals surface area (Å²) in [6.45, 7) is 12.1. The molecule has 0 fully saturated rings. The molecule has 8 aromatic carbocycles. The molecule has 145 heavy (non-hydrogen) atoms. The van der Waals surface area contributed by atoms with E-state index in [0.29, 0.717) is 0 Å². The van der Waals surface area contributed by atoms with Gasteiger partial charge in [0, 0.05) is 122 Å². The van der Waals surface area contributed by atoms with Crippen LogP contribution in [0.4, 0.5) is 0 Å². The predicted octanol–water partition coefficient (Wildman–Crippen LogP) is 44.4. The Morgan fingerprint density at radius 1 is 0.152 bits per heavy atom. The van der Waals surface area contributed by atoms with Gasteiger partial charge in [-0.25, -0.2) is 0 Å². The lowest BCUT2D eigenvalue weighted by Crippen LogP contribution is -2.31. The summed E-state index contributed by atoms with van der Waals surface area (Å²) in [4.78, 5) is 29.8. The number of thiophene rings is 12.